The second-order valence-electron chi connectivity index (χ2n) is 7.01. The molecule has 1 aliphatic rings. The van der Waals surface area contributed by atoms with Crippen molar-refractivity contribution < 1.29 is 9.53 Å². The van der Waals surface area contributed by atoms with Gasteiger partial charge in [-0.1, -0.05) is 24.3 Å². The Labute approximate surface area is 181 Å². The van der Waals surface area contributed by atoms with Gasteiger partial charge >= 0.3 is 0 Å². The van der Waals surface area contributed by atoms with Crippen LogP contribution in [0.2, 0.25) is 0 Å². The fourth-order valence-electron chi connectivity index (χ4n) is 3.36. The van der Waals surface area contributed by atoms with Crippen LogP contribution in [0.25, 0.3) is 11.3 Å². The van der Waals surface area contributed by atoms with E-state index >= 15 is 0 Å². The lowest BCUT2D eigenvalue weighted by atomic mass is 10.1. The van der Waals surface area contributed by atoms with E-state index in [9.17, 15) is 4.79 Å². The number of benzene rings is 1. The Morgan fingerprint density at radius 3 is 2.68 bits per heavy atom. The van der Waals surface area contributed by atoms with E-state index in [1.54, 1.807) is 18.6 Å². The molecule has 2 aromatic heterocycles. The molecule has 0 spiro atoms. The Morgan fingerprint density at radius 2 is 1.94 bits per heavy atom. The minimum Gasteiger partial charge on any atom is -0.382 e. The van der Waals surface area contributed by atoms with E-state index in [2.05, 4.69) is 30.4 Å². The molecule has 0 atom stereocenters. The first kappa shape index (κ1) is 20.8. The molecule has 1 fully saturated rings. The number of carbonyl (C=O) groups excluding carboxylic acids is 1. The highest BCUT2D eigenvalue weighted by Crippen LogP contribution is 2.26. The normalized spacial score (nSPS) is 13.7. The molecule has 4 rings (SSSR count). The van der Waals surface area contributed by atoms with Gasteiger partial charge in [0.15, 0.2) is 19.5 Å². The van der Waals surface area contributed by atoms with Crippen LogP contribution in [0, 0.1) is 0 Å². The van der Waals surface area contributed by atoms with E-state index in [1.165, 1.54) is 0 Å². The summed E-state index contributed by atoms with van der Waals surface area (Å²) in [6.07, 6.45) is 4.85. The summed E-state index contributed by atoms with van der Waals surface area (Å²) in [5, 5.41) is 5.49. The van der Waals surface area contributed by atoms with Crippen LogP contribution in [0.3, 0.4) is 0 Å². The first-order valence-electron chi connectivity index (χ1n) is 9.89. The second-order valence-corrected chi connectivity index (χ2v) is 7.01. The number of aromatic nitrogens is 3. The molecule has 4 N–H and O–H groups in total. The summed E-state index contributed by atoms with van der Waals surface area (Å²) >= 11 is 0. The van der Waals surface area contributed by atoms with Crippen molar-refractivity contribution >= 4 is 31.1 Å². The molecular weight excluding hydrogens is 393 g/mol. The van der Waals surface area contributed by atoms with Gasteiger partial charge in [-0.25, -0.2) is 9.97 Å². The molecule has 10 heteroatoms. The molecular formula is C21H22BN7O2. The van der Waals surface area contributed by atoms with E-state index < -0.39 is 5.91 Å². The highest BCUT2D eigenvalue weighted by molar-refractivity contribution is 6.07. The average Bonchev–Trinajstić information content (AvgIpc) is 2.81. The fourth-order valence-corrected chi connectivity index (χ4v) is 3.36. The highest BCUT2D eigenvalue weighted by atomic mass is 16.5. The topological polar surface area (TPSA) is 118 Å². The Balaban J connectivity index is 1.57. The molecule has 0 unspecified atom stereocenters. The lowest BCUT2D eigenvalue weighted by molar-refractivity contribution is 0.102. The van der Waals surface area contributed by atoms with E-state index in [-0.39, 0.29) is 11.5 Å². The van der Waals surface area contributed by atoms with Crippen molar-refractivity contribution in [3.63, 3.8) is 0 Å². The molecule has 3 aromatic rings. The summed E-state index contributed by atoms with van der Waals surface area (Å²) in [7, 11) is 5.36. The molecule has 31 heavy (non-hydrogen) atoms. The maximum atomic E-state index is 13.0. The first-order chi connectivity index (χ1) is 15.2. The quantitative estimate of drug-likeness (QED) is 0.517. The van der Waals surface area contributed by atoms with Gasteiger partial charge < -0.3 is 25.9 Å². The minimum atomic E-state index is -0.446. The van der Waals surface area contributed by atoms with Crippen molar-refractivity contribution in [2.45, 2.75) is 6.54 Å². The van der Waals surface area contributed by atoms with Gasteiger partial charge in [0.1, 0.15) is 0 Å². The van der Waals surface area contributed by atoms with Crippen LogP contribution >= 0.6 is 0 Å². The number of nitrogen functional groups attached to an aromatic ring is 1. The van der Waals surface area contributed by atoms with Gasteiger partial charge in [0.05, 0.1) is 42.7 Å². The van der Waals surface area contributed by atoms with Crippen molar-refractivity contribution in [3.05, 3.63) is 60.2 Å². The Hall–Kier alpha value is -3.50. The van der Waals surface area contributed by atoms with Gasteiger partial charge in [-0.3, -0.25) is 9.78 Å². The van der Waals surface area contributed by atoms with Gasteiger partial charge in [-0.2, -0.15) is 0 Å². The standard InChI is InChI=1S/C21H22BN7O2/c22-26-11-14-1-3-15(4-2-14)16-13-25-20(23)19(27-16)21(30)28-17-12-24-6-5-18(17)29-7-9-31-10-8-29/h1-6,12-13,26H,7-11H2,(H2,23,25)(H,28,30). The average molecular weight is 415 g/mol. The Kier molecular flexibility index (Phi) is 6.39. The van der Waals surface area contributed by atoms with E-state index in [0.29, 0.717) is 31.1 Å². The zero-order valence-corrected chi connectivity index (χ0v) is 16.9. The van der Waals surface area contributed by atoms with E-state index in [4.69, 9.17) is 18.5 Å². The molecule has 1 aromatic carbocycles. The Morgan fingerprint density at radius 1 is 1.16 bits per heavy atom. The number of carbonyl (C=O) groups is 1. The van der Waals surface area contributed by atoms with Crippen LogP contribution < -0.4 is 21.2 Å². The van der Waals surface area contributed by atoms with E-state index in [1.807, 2.05) is 30.3 Å². The molecule has 1 aliphatic heterocycles. The third-order valence-corrected chi connectivity index (χ3v) is 4.97. The number of ether oxygens (including phenoxy) is 1. The number of nitrogens with one attached hydrogen (secondary N) is 2. The smallest absolute Gasteiger partial charge is 0.278 e. The summed E-state index contributed by atoms with van der Waals surface area (Å²) < 4.78 is 5.41. The SMILES string of the molecule is [B]NCc1ccc(-c2cnc(N)c(C(=O)Nc3cnccc3N3CCOCC3)n2)cc1. The maximum absolute atomic E-state index is 13.0. The number of nitrogens with zero attached hydrogens (tertiary/aromatic N) is 4. The minimum absolute atomic E-state index is 0.0574. The van der Waals surface area contributed by atoms with Crippen molar-refractivity contribution in [1.82, 2.24) is 20.2 Å². The zero-order valence-electron chi connectivity index (χ0n) is 16.9. The van der Waals surface area contributed by atoms with Gasteiger partial charge in [-0.15, -0.1) is 0 Å². The lowest BCUT2D eigenvalue weighted by Gasteiger charge is -2.30. The largest absolute Gasteiger partial charge is 0.382 e. The highest BCUT2D eigenvalue weighted by Gasteiger charge is 2.19. The fraction of sp³-hybridized carbons (Fsp3) is 0.238. The number of anilines is 3. The molecule has 2 radical (unpaired) electrons. The predicted molar refractivity (Wildman–Crippen MR) is 120 cm³/mol. The number of morpholine rings is 1. The van der Waals surface area contributed by atoms with Crippen LogP contribution in [0.15, 0.2) is 48.9 Å². The molecule has 9 nitrogen and oxygen atoms in total. The van der Waals surface area contributed by atoms with Crippen LogP contribution in [0.5, 0.6) is 0 Å². The lowest BCUT2D eigenvalue weighted by Crippen LogP contribution is -2.36. The van der Waals surface area contributed by atoms with Crippen LogP contribution in [0.4, 0.5) is 17.2 Å². The monoisotopic (exact) mass is 415 g/mol. The van der Waals surface area contributed by atoms with Crippen molar-refractivity contribution in [1.29, 1.82) is 0 Å². The number of amides is 1. The first-order valence-corrected chi connectivity index (χ1v) is 9.89. The third-order valence-electron chi connectivity index (χ3n) is 4.97. The molecule has 0 bridgehead atoms. The summed E-state index contributed by atoms with van der Waals surface area (Å²) in [4.78, 5) is 27.9. The molecule has 1 saturated heterocycles. The molecule has 156 valence electrons. The zero-order chi connectivity index (χ0) is 21.6. The number of nitrogens with two attached hydrogens (primary N) is 1. The van der Waals surface area contributed by atoms with Crippen LogP contribution in [-0.4, -0.2) is 55.1 Å². The van der Waals surface area contributed by atoms with Crippen LogP contribution in [0.1, 0.15) is 16.1 Å². The van der Waals surface area contributed by atoms with Crippen LogP contribution in [-0.2, 0) is 11.3 Å². The predicted octanol–water partition coefficient (Wildman–Crippen LogP) is 1.38. The van der Waals surface area contributed by atoms with Gasteiger partial charge in [-0.05, 0) is 11.6 Å². The third kappa shape index (κ3) is 4.81. The number of rotatable bonds is 6. The van der Waals surface area contributed by atoms with Gasteiger partial charge in [0, 0.05) is 31.4 Å². The van der Waals surface area contributed by atoms with Gasteiger partial charge in [0.2, 0.25) is 0 Å². The number of hydrogen-bond donors (Lipinski definition) is 3. The summed E-state index contributed by atoms with van der Waals surface area (Å²) in [6.45, 7) is 3.30. The van der Waals surface area contributed by atoms with E-state index in [0.717, 1.165) is 29.9 Å². The van der Waals surface area contributed by atoms with Crippen molar-refractivity contribution in [3.8, 4) is 11.3 Å². The summed E-state index contributed by atoms with van der Waals surface area (Å²) in [6, 6.07) is 9.51. The summed E-state index contributed by atoms with van der Waals surface area (Å²) in [5.41, 5.74) is 9.87. The van der Waals surface area contributed by atoms with Crippen molar-refractivity contribution in [2.24, 2.45) is 0 Å². The Bertz CT molecular complexity index is 1060. The van der Waals surface area contributed by atoms with Gasteiger partial charge in [0.25, 0.3) is 5.91 Å². The summed E-state index contributed by atoms with van der Waals surface area (Å²) in [5.74, 6) is -0.389. The molecule has 0 saturated carbocycles. The molecule has 3 heterocycles. The maximum Gasteiger partial charge on any atom is 0.278 e. The van der Waals surface area contributed by atoms with Crippen molar-refractivity contribution in [2.75, 3.05) is 42.3 Å². The molecule has 0 aliphatic carbocycles. The second kappa shape index (κ2) is 9.54. The number of pyridine rings is 1. The number of hydrogen-bond acceptors (Lipinski definition) is 8. The molecule has 1 amide bonds.